The largest absolute Gasteiger partial charge is 0.489 e. The van der Waals surface area contributed by atoms with Crippen molar-refractivity contribution < 1.29 is 69.1 Å². The lowest BCUT2D eigenvalue weighted by molar-refractivity contribution is -0.138. The van der Waals surface area contributed by atoms with Gasteiger partial charge in [-0.05, 0) is 131 Å². The number of carboxylic acids is 1. The topological polar surface area (TPSA) is 154 Å². The van der Waals surface area contributed by atoms with Gasteiger partial charge in [0, 0.05) is 50.0 Å². The zero-order valence-corrected chi connectivity index (χ0v) is 44.8. The molecule has 436 valence electrons. The van der Waals surface area contributed by atoms with Crippen molar-refractivity contribution in [2.75, 3.05) is 6.61 Å². The first-order valence-electron chi connectivity index (χ1n) is 25.4. The number of benzene rings is 7. The van der Waals surface area contributed by atoms with Crippen LogP contribution in [0.4, 0.5) is 31.1 Å². The number of hydrogen-bond acceptors (Lipinski definition) is 12. The van der Waals surface area contributed by atoms with Crippen molar-refractivity contribution in [3.63, 3.8) is 0 Å². The lowest BCUT2D eigenvalue weighted by atomic mass is 9.91. The maximum Gasteiger partial charge on any atom is 0.416 e. The van der Waals surface area contributed by atoms with E-state index in [-0.39, 0.29) is 46.8 Å². The van der Waals surface area contributed by atoms with Gasteiger partial charge in [-0.2, -0.15) is 26.3 Å². The number of carbonyl (C=O) groups excluding carboxylic acids is 2. The molecule has 1 saturated heterocycles. The van der Waals surface area contributed by atoms with E-state index in [2.05, 4.69) is 10.3 Å². The SMILES string of the molecule is C.C.O=C(C[C@@H](c1ccc(OCc2cccc(Sc3ccc(C(F)(F)F)cc3)c2)cc1)c1ccon1)N1C(=O)OC[C@@H]1Cc1ccccc1.O=C(O)C[C@@H](c1ccc(OCc2cccc(Sc3ccc(C(F)(F)F)cc3)c2)cc1)c1ccon1. The first-order valence-corrected chi connectivity index (χ1v) is 27.0. The number of cyclic esters (lactones) is 1. The van der Waals surface area contributed by atoms with Crippen LogP contribution in [0.1, 0.15) is 89.9 Å². The number of alkyl halides is 6. The zero-order valence-electron chi connectivity index (χ0n) is 43.2. The van der Waals surface area contributed by atoms with Crippen molar-refractivity contribution in [3.05, 3.63) is 251 Å². The van der Waals surface area contributed by atoms with E-state index in [1.54, 1.807) is 48.5 Å². The third-order valence-electron chi connectivity index (χ3n) is 12.9. The van der Waals surface area contributed by atoms with E-state index in [1.165, 1.54) is 65.2 Å². The molecule has 84 heavy (non-hydrogen) atoms. The zero-order chi connectivity index (χ0) is 57.6. The van der Waals surface area contributed by atoms with Crippen molar-refractivity contribution in [1.82, 2.24) is 15.2 Å². The lowest BCUT2D eigenvalue weighted by Gasteiger charge is -2.22. The molecule has 2 aromatic heterocycles. The molecule has 0 aliphatic carbocycles. The van der Waals surface area contributed by atoms with Gasteiger partial charge in [0.1, 0.15) is 43.8 Å². The number of amides is 2. The quantitative estimate of drug-likeness (QED) is 0.0721. The third kappa shape index (κ3) is 17.4. The summed E-state index contributed by atoms with van der Waals surface area (Å²) < 4.78 is 104. The minimum atomic E-state index is -4.37. The van der Waals surface area contributed by atoms with Crippen LogP contribution < -0.4 is 9.47 Å². The Bertz CT molecular complexity index is 3520. The van der Waals surface area contributed by atoms with E-state index in [0.29, 0.717) is 45.7 Å². The Balaban J connectivity index is 0.000000245. The highest BCUT2D eigenvalue weighted by molar-refractivity contribution is 7.99. The van der Waals surface area contributed by atoms with Crippen molar-refractivity contribution in [3.8, 4) is 11.5 Å². The van der Waals surface area contributed by atoms with Gasteiger partial charge in [-0.15, -0.1) is 0 Å². The molecule has 20 heteroatoms. The van der Waals surface area contributed by atoms with E-state index in [4.69, 9.17) is 23.3 Å². The van der Waals surface area contributed by atoms with Crippen molar-refractivity contribution in [2.45, 2.75) is 97.1 Å². The number of carboxylic acid groups (broad SMARTS) is 1. The predicted molar refractivity (Wildman–Crippen MR) is 305 cm³/mol. The smallest absolute Gasteiger partial charge is 0.416 e. The molecule has 3 heterocycles. The van der Waals surface area contributed by atoms with E-state index in [0.717, 1.165) is 61.9 Å². The van der Waals surface area contributed by atoms with E-state index in [9.17, 15) is 45.8 Å². The Morgan fingerprint density at radius 2 is 1.00 bits per heavy atom. The summed E-state index contributed by atoms with van der Waals surface area (Å²) in [5.74, 6) is -0.989. The van der Waals surface area contributed by atoms with Crippen molar-refractivity contribution >= 4 is 41.5 Å². The van der Waals surface area contributed by atoms with Gasteiger partial charge in [0.2, 0.25) is 5.91 Å². The summed E-state index contributed by atoms with van der Waals surface area (Å²) in [5, 5.41) is 17.2. The molecule has 1 aliphatic rings. The normalized spacial score (nSPS) is 13.7. The molecule has 9 aromatic rings. The highest BCUT2D eigenvalue weighted by Crippen LogP contribution is 2.37. The van der Waals surface area contributed by atoms with Crippen molar-refractivity contribution in [2.24, 2.45) is 0 Å². The summed E-state index contributed by atoms with van der Waals surface area (Å²) in [6.45, 7) is 0.700. The monoisotopic (exact) mass is 1190 g/mol. The van der Waals surface area contributed by atoms with Crippen LogP contribution in [0.25, 0.3) is 0 Å². The summed E-state index contributed by atoms with van der Waals surface area (Å²) in [6, 6.07) is 52.3. The predicted octanol–water partition coefficient (Wildman–Crippen LogP) is 16.8. The molecule has 2 amide bonds. The molecule has 1 N–H and O–H groups in total. The molecule has 10 rings (SSSR count). The first kappa shape index (κ1) is 62.8. The third-order valence-corrected chi connectivity index (χ3v) is 14.9. The van der Waals surface area contributed by atoms with Gasteiger partial charge >= 0.3 is 24.4 Å². The van der Waals surface area contributed by atoms with Gasteiger partial charge in [-0.25, -0.2) is 9.69 Å². The van der Waals surface area contributed by atoms with Crippen LogP contribution in [0.15, 0.2) is 229 Å². The number of ether oxygens (including phenoxy) is 3. The number of carbonyl (C=O) groups is 3. The Morgan fingerprint density at radius 1 is 0.560 bits per heavy atom. The van der Waals surface area contributed by atoms with Gasteiger partial charge in [-0.3, -0.25) is 9.59 Å². The van der Waals surface area contributed by atoms with Gasteiger partial charge < -0.3 is 28.4 Å². The molecular weight excluding hydrogens is 1130 g/mol. The average molecular weight is 1190 g/mol. The highest BCUT2D eigenvalue weighted by atomic mass is 32.2. The number of aromatic nitrogens is 2. The fourth-order valence-electron chi connectivity index (χ4n) is 8.86. The lowest BCUT2D eigenvalue weighted by Crippen LogP contribution is -2.40. The second-order valence-electron chi connectivity index (χ2n) is 18.7. The molecule has 12 nitrogen and oxygen atoms in total. The fourth-order valence-corrected chi connectivity index (χ4v) is 10.7. The highest BCUT2D eigenvalue weighted by Gasteiger charge is 2.39. The molecule has 0 spiro atoms. The molecule has 0 saturated carbocycles. The van der Waals surface area contributed by atoms with Gasteiger partial charge in [-0.1, -0.05) is 128 Å². The standard InChI is InChI=1S/C36H29F3N2O5S.C26H20F3NO4S.2CH4/c37-36(38,39)27-11-15-30(16-12-27)47-31-8-4-7-25(20-31)22-44-29-13-9-26(10-14-29)32(33-17-18-46-40-33)21-34(42)41-28(23-45-35(41)43)19-24-5-2-1-3-6-24;27-26(28,29)19-6-10-21(11-7-19)35-22-3-1-2-17(14-22)16-33-20-8-4-18(5-9-20)23(15-25(31)32)24-12-13-34-30-24;;/h1-18,20,28,32H,19,21-23H2;1-14,23H,15-16H2,(H,31,32);2*1H4/t28-,32-;23-;;/m00../s1. The van der Waals surface area contributed by atoms with Crippen LogP contribution in [0.5, 0.6) is 11.5 Å². The Labute approximate surface area is 489 Å². The van der Waals surface area contributed by atoms with Crippen LogP contribution >= 0.6 is 23.5 Å². The van der Waals surface area contributed by atoms with E-state index in [1.807, 2.05) is 91.0 Å². The number of halogens is 6. The van der Waals surface area contributed by atoms with Crippen LogP contribution in [0, 0.1) is 0 Å². The first-order chi connectivity index (χ1) is 39.5. The molecule has 3 atom stereocenters. The molecule has 0 unspecified atom stereocenters. The summed E-state index contributed by atoms with van der Waals surface area (Å²) >= 11 is 2.73. The second kappa shape index (κ2) is 29.0. The molecule has 0 bridgehead atoms. The van der Waals surface area contributed by atoms with Gasteiger partial charge in [0.15, 0.2) is 0 Å². The minimum absolute atomic E-state index is 0. The van der Waals surface area contributed by atoms with Crippen LogP contribution in [0.3, 0.4) is 0 Å². The Kier molecular flexibility index (Phi) is 21.7. The van der Waals surface area contributed by atoms with Crippen LogP contribution in [-0.4, -0.2) is 50.9 Å². The van der Waals surface area contributed by atoms with Gasteiger partial charge in [0.25, 0.3) is 0 Å². The Hall–Kier alpha value is -8.75. The molecule has 1 aliphatic heterocycles. The molecule has 0 radical (unpaired) electrons. The summed E-state index contributed by atoms with van der Waals surface area (Å²) in [6.07, 6.45) is -6.17. The Morgan fingerprint density at radius 3 is 1.42 bits per heavy atom. The van der Waals surface area contributed by atoms with Crippen LogP contribution in [-0.2, 0) is 46.3 Å². The summed E-state index contributed by atoms with van der Waals surface area (Å²) in [5.41, 5.74) is 4.11. The number of nitrogens with zero attached hydrogens (tertiary/aromatic N) is 3. The average Bonchev–Trinajstić information content (AvgIpc) is 4.46. The van der Waals surface area contributed by atoms with Crippen molar-refractivity contribution in [1.29, 1.82) is 0 Å². The molecule has 7 aromatic carbocycles. The van der Waals surface area contributed by atoms with Crippen LogP contribution in [0.2, 0.25) is 0 Å². The molecule has 1 fully saturated rings. The number of rotatable bonds is 20. The second-order valence-corrected chi connectivity index (χ2v) is 21.0. The van der Waals surface area contributed by atoms with Gasteiger partial charge in [0.05, 0.1) is 35.0 Å². The number of imide groups is 1. The fraction of sp³-hybridized carbons (Fsp3) is 0.203. The number of hydrogen-bond donors (Lipinski definition) is 1. The number of aliphatic carboxylic acids is 1. The maximum atomic E-state index is 13.6. The molecular formula is C64H57F6N3O9S2. The summed E-state index contributed by atoms with van der Waals surface area (Å²) in [7, 11) is 0. The maximum absolute atomic E-state index is 13.6. The van der Waals surface area contributed by atoms with E-state index >= 15 is 0 Å². The summed E-state index contributed by atoms with van der Waals surface area (Å²) in [4.78, 5) is 41.8. The minimum Gasteiger partial charge on any atom is -0.489 e. The van der Waals surface area contributed by atoms with E-state index < -0.39 is 53.4 Å².